The Labute approximate surface area is 272 Å². The summed E-state index contributed by atoms with van der Waals surface area (Å²) in [6, 6.07) is 15.6. The van der Waals surface area contributed by atoms with E-state index in [2.05, 4.69) is 9.97 Å². The van der Waals surface area contributed by atoms with E-state index in [9.17, 15) is 32.8 Å². The third-order valence-electron chi connectivity index (χ3n) is 8.61. The number of benzene rings is 2. The van der Waals surface area contributed by atoms with Gasteiger partial charge < -0.3 is 14.7 Å². The van der Waals surface area contributed by atoms with Crippen LogP contribution < -0.4 is 10.9 Å². The monoisotopic (exact) mass is 642 g/mol. The lowest BCUT2D eigenvalue weighted by Gasteiger charge is -2.19. The number of pyridine rings is 2. The lowest BCUT2D eigenvalue weighted by Crippen LogP contribution is -2.41. The fourth-order valence-electron chi connectivity index (χ4n) is 5.88. The van der Waals surface area contributed by atoms with E-state index in [0.717, 1.165) is 58.1 Å². The third-order valence-corrected chi connectivity index (χ3v) is 8.61. The number of fused-ring (bicyclic) bond motifs is 2. The number of hydrogen-bond donors (Lipinski definition) is 2. The van der Waals surface area contributed by atoms with Crippen LogP contribution in [-0.4, -0.2) is 52.2 Å². The van der Waals surface area contributed by atoms with Crippen LogP contribution in [-0.2, 0) is 36.5 Å². The molecule has 0 unspecified atom stereocenters. The van der Waals surface area contributed by atoms with Crippen molar-refractivity contribution in [2.75, 3.05) is 6.61 Å². The first-order chi connectivity index (χ1) is 22.3. The van der Waals surface area contributed by atoms with E-state index in [-0.39, 0.29) is 17.9 Å². The zero-order chi connectivity index (χ0) is 33.9. The van der Waals surface area contributed by atoms with E-state index in [1.54, 1.807) is 18.3 Å². The van der Waals surface area contributed by atoms with Crippen molar-refractivity contribution in [2.45, 2.75) is 65.4 Å². The van der Waals surface area contributed by atoms with E-state index in [0.29, 0.717) is 30.5 Å². The highest BCUT2D eigenvalue weighted by molar-refractivity contribution is 6.67. The maximum Gasteiger partial charge on any atom is 0.491 e. The molecule has 7 nitrogen and oxygen atoms in total. The van der Waals surface area contributed by atoms with Gasteiger partial charge in [-0.25, -0.2) is 4.98 Å². The molecule has 4 aromatic rings. The van der Waals surface area contributed by atoms with Crippen molar-refractivity contribution in [3.8, 4) is 0 Å². The van der Waals surface area contributed by atoms with Crippen molar-refractivity contribution >= 4 is 36.5 Å². The number of aromatic nitrogens is 2. The lowest BCUT2D eigenvalue weighted by molar-refractivity contribution is -0.141. The van der Waals surface area contributed by atoms with E-state index >= 15 is 0 Å². The van der Waals surface area contributed by atoms with Gasteiger partial charge in [0.15, 0.2) is 17.3 Å². The number of halogens is 3. The van der Waals surface area contributed by atoms with Gasteiger partial charge in [-0.1, -0.05) is 48.4 Å². The number of carbonyl (C=O) groups excluding carboxylic acids is 2. The van der Waals surface area contributed by atoms with Crippen LogP contribution >= 0.6 is 0 Å². The molecule has 47 heavy (non-hydrogen) atoms. The number of Topliss-reactive ketones (excluding diaryl/α,β-unsaturated/α-hetero) is 2. The Bertz CT molecular complexity index is 1810. The normalized spacial score (nSPS) is 14.1. The molecule has 0 saturated carbocycles. The molecule has 2 aliphatic rings. The largest absolute Gasteiger partial charge is 0.491 e. The molecule has 0 aliphatic carbocycles. The zero-order valence-electron chi connectivity index (χ0n) is 26.5. The second-order valence-corrected chi connectivity index (χ2v) is 12.1. The summed E-state index contributed by atoms with van der Waals surface area (Å²) in [5, 5.41) is 20.0. The summed E-state index contributed by atoms with van der Waals surface area (Å²) >= 11 is 0. The van der Waals surface area contributed by atoms with Gasteiger partial charge in [0.25, 0.3) is 0 Å². The molecule has 0 atom stereocenters. The van der Waals surface area contributed by atoms with Crippen LogP contribution in [0.3, 0.4) is 0 Å². The van der Waals surface area contributed by atoms with Crippen LogP contribution in [0.2, 0.25) is 6.32 Å². The maximum atomic E-state index is 13.2. The highest BCUT2D eigenvalue weighted by Gasteiger charge is 2.37. The van der Waals surface area contributed by atoms with Crippen molar-refractivity contribution in [2.24, 2.45) is 0 Å². The predicted molar refractivity (Wildman–Crippen MR) is 175 cm³/mol. The zero-order valence-corrected chi connectivity index (χ0v) is 26.5. The molecule has 0 saturated heterocycles. The molecule has 2 aromatic heterocycles. The van der Waals surface area contributed by atoms with Crippen LogP contribution in [0.4, 0.5) is 13.2 Å². The Morgan fingerprint density at radius 1 is 0.872 bits per heavy atom. The van der Waals surface area contributed by atoms with E-state index in [1.807, 2.05) is 44.2 Å². The Balaban J connectivity index is 0.000000186. The first kappa shape index (κ1) is 34.2. The average Bonchev–Trinajstić information content (AvgIpc) is 3.03. The van der Waals surface area contributed by atoms with Gasteiger partial charge in [-0.15, -0.1) is 0 Å². The van der Waals surface area contributed by atoms with Gasteiger partial charge in [0, 0.05) is 48.2 Å². The lowest BCUT2D eigenvalue weighted by atomic mass is 9.53. The van der Waals surface area contributed by atoms with Gasteiger partial charge in [-0.3, -0.25) is 14.6 Å². The van der Waals surface area contributed by atoms with Gasteiger partial charge in [0.05, 0.1) is 0 Å². The second kappa shape index (κ2) is 14.3. The van der Waals surface area contributed by atoms with Crippen LogP contribution in [0.15, 0.2) is 60.8 Å². The topological polar surface area (TPSA) is 110 Å². The molecule has 0 fully saturated rings. The Hall–Kier alpha value is -4.12. The Kier molecular flexibility index (Phi) is 10.4. The molecule has 242 valence electrons. The number of hydrogen-bond acceptors (Lipinski definition) is 7. The second-order valence-electron chi connectivity index (χ2n) is 12.1. The quantitative estimate of drug-likeness (QED) is 0.238. The van der Waals surface area contributed by atoms with Gasteiger partial charge in [0.1, 0.15) is 0 Å². The minimum Gasteiger partial charge on any atom is -0.446 e. The molecular formula is C35H35B2F3N2O5. The number of rotatable bonds is 6. The van der Waals surface area contributed by atoms with Gasteiger partial charge in [0.2, 0.25) is 0 Å². The SMILES string of the molecule is Cc1cc(C(=O)Cc2ccc3c(c2)B(O)OCC3)cnc1C.Cc1ccc(C(=O)Cc2ccc3c(c2)B(O)CCC3)c(C(F)(F)F)n1. The summed E-state index contributed by atoms with van der Waals surface area (Å²) in [4.78, 5) is 32.6. The van der Waals surface area contributed by atoms with Crippen molar-refractivity contribution < 1.29 is 37.5 Å². The van der Waals surface area contributed by atoms with Crippen LogP contribution in [0.5, 0.6) is 0 Å². The number of alkyl halides is 3. The number of aryl methyl sites for hydroxylation is 4. The number of nitrogens with zero attached hydrogens (tertiary/aromatic N) is 2. The van der Waals surface area contributed by atoms with Crippen molar-refractivity contribution in [1.82, 2.24) is 9.97 Å². The van der Waals surface area contributed by atoms with Crippen LogP contribution in [0, 0.1) is 20.8 Å². The highest BCUT2D eigenvalue weighted by atomic mass is 19.4. The molecule has 0 amide bonds. The molecule has 6 rings (SSSR count). The summed E-state index contributed by atoms with van der Waals surface area (Å²) in [6.07, 6.45) is 0.297. The molecule has 2 N–H and O–H groups in total. The molecule has 4 heterocycles. The van der Waals surface area contributed by atoms with Crippen molar-refractivity contribution in [3.63, 3.8) is 0 Å². The van der Waals surface area contributed by atoms with E-state index in [1.165, 1.54) is 19.1 Å². The van der Waals surface area contributed by atoms with Crippen LogP contribution in [0.25, 0.3) is 0 Å². The number of ketones is 2. The minimum absolute atomic E-state index is 0.0294. The highest BCUT2D eigenvalue weighted by Crippen LogP contribution is 2.31. The standard InChI is InChI=1S/C18H17BF3NO2.C17H18BNO3/c1-11-4-7-14(17(23-11)18(20,21)22)16(24)10-12-5-6-13-3-2-8-19(25)15(13)9-12;1-11-7-15(10-19-12(11)2)17(20)9-13-3-4-14-5-6-22-18(21)16(14)8-13/h4-7,9,25H,2-3,8,10H2,1H3;3-4,7-8,10,21H,5-6,9H2,1-2H3. The van der Waals surface area contributed by atoms with Crippen molar-refractivity contribution in [3.05, 3.63) is 117 Å². The molecule has 0 spiro atoms. The molecule has 0 bridgehead atoms. The average molecular weight is 642 g/mol. The molecule has 0 radical (unpaired) electrons. The molecule has 12 heteroatoms. The fourth-order valence-corrected chi connectivity index (χ4v) is 5.88. The smallest absolute Gasteiger partial charge is 0.446 e. The molecular weight excluding hydrogens is 607 g/mol. The first-order valence-electron chi connectivity index (χ1n) is 15.6. The summed E-state index contributed by atoms with van der Waals surface area (Å²) < 4.78 is 44.7. The van der Waals surface area contributed by atoms with Gasteiger partial charge in [-0.05, 0) is 91.3 Å². The summed E-state index contributed by atoms with van der Waals surface area (Å²) in [5.74, 6) is -0.605. The Morgan fingerprint density at radius 3 is 2.21 bits per heavy atom. The Morgan fingerprint density at radius 2 is 1.53 bits per heavy atom. The molecule has 2 aliphatic heterocycles. The molecule has 2 aromatic carbocycles. The van der Waals surface area contributed by atoms with Gasteiger partial charge >= 0.3 is 20.2 Å². The summed E-state index contributed by atoms with van der Waals surface area (Å²) in [7, 11) is -0.887. The minimum atomic E-state index is -4.68. The van der Waals surface area contributed by atoms with E-state index < -0.39 is 37.3 Å². The predicted octanol–water partition coefficient (Wildman–Crippen LogP) is 4.36. The first-order valence-corrected chi connectivity index (χ1v) is 15.6. The summed E-state index contributed by atoms with van der Waals surface area (Å²) in [6.45, 7) is 5.28. The summed E-state index contributed by atoms with van der Waals surface area (Å²) in [5.41, 5.74) is 6.36. The third kappa shape index (κ3) is 8.24. The van der Waals surface area contributed by atoms with Crippen molar-refractivity contribution in [1.29, 1.82) is 0 Å². The van der Waals surface area contributed by atoms with E-state index in [4.69, 9.17) is 4.65 Å². The van der Waals surface area contributed by atoms with Crippen LogP contribution in [0.1, 0.15) is 72.0 Å². The maximum absolute atomic E-state index is 13.2. The fraction of sp³-hybridized carbons (Fsp3) is 0.314. The number of carbonyl (C=O) groups is 2. The van der Waals surface area contributed by atoms with Gasteiger partial charge in [-0.2, -0.15) is 13.2 Å².